The van der Waals surface area contributed by atoms with Crippen LogP contribution in [0, 0.1) is 23.6 Å². The number of aliphatic hydroxyl groups is 1. The Balaban J connectivity index is 1.05. The Bertz CT molecular complexity index is 1180. The van der Waals surface area contributed by atoms with Crippen LogP contribution < -0.4 is 21.1 Å². The van der Waals surface area contributed by atoms with Crippen LogP contribution in [-0.2, 0) is 9.59 Å². The summed E-state index contributed by atoms with van der Waals surface area (Å²) < 4.78 is 15.1. The molecule has 13 heteroatoms. The van der Waals surface area contributed by atoms with Crippen LogP contribution >= 0.6 is 0 Å². The number of hydrogen-bond acceptors (Lipinski definition) is 10. The third-order valence-corrected chi connectivity index (χ3v) is 8.53. The number of anilines is 1. The molecule has 0 aliphatic carbocycles. The van der Waals surface area contributed by atoms with Gasteiger partial charge in [-0.15, -0.1) is 0 Å². The Hall–Kier alpha value is -2.97. The van der Waals surface area contributed by atoms with Crippen LogP contribution in [0.5, 0.6) is 0 Å². The average Bonchev–Trinajstić information content (AvgIpc) is 3.48. The van der Waals surface area contributed by atoms with Crippen molar-refractivity contribution in [2.45, 2.75) is 25.2 Å². The Morgan fingerprint density at radius 1 is 1.03 bits per heavy atom. The van der Waals surface area contributed by atoms with Crippen molar-refractivity contribution >= 4 is 29.3 Å². The number of carbonyl (C=O) groups excluding carboxylic acids is 4. The van der Waals surface area contributed by atoms with Crippen LogP contribution in [0.25, 0.3) is 0 Å². The molecule has 4 N–H and O–H groups in total. The number of hydrogen-bond donors (Lipinski definition) is 4. The van der Waals surface area contributed by atoms with Crippen LogP contribution in [0.2, 0.25) is 0 Å². The lowest BCUT2D eigenvalue weighted by Gasteiger charge is -2.43. The van der Waals surface area contributed by atoms with Gasteiger partial charge < -0.3 is 14.9 Å². The molecule has 38 heavy (non-hydrogen) atoms. The molecule has 5 heterocycles. The number of piperidine rings is 1. The van der Waals surface area contributed by atoms with Gasteiger partial charge in [-0.1, -0.05) is 0 Å². The maximum atomic E-state index is 15.1. The van der Waals surface area contributed by atoms with Gasteiger partial charge in [0.05, 0.1) is 16.8 Å². The summed E-state index contributed by atoms with van der Waals surface area (Å²) in [4.78, 5) is 56.9. The molecule has 1 aromatic rings. The monoisotopic (exact) mass is 529 g/mol. The van der Waals surface area contributed by atoms with Crippen LogP contribution in [0.3, 0.4) is 0 Å². The topological polar surface area (TPSA) is 138 Å². The van der Waals surface area contributed by atoms with Gasteiger partial charge >= 0.3 is 0 Å². The summed E-state index contributed by atoms with van der Waals surface area (Å²) >= 11 is 0. The predicted octanol–water partition coefficient (Wildman–Crippen LogP) is -1.47. The summed E-state index contributed by atoms with van der Waals surface area (Å²) in [6.07, 6.45) is -0.604. The fraction of sp³-hybridized carbons (Fsp3) is 0.600. The first-order valence-electron chi connectivity index (χ1n) is 13.1. The lowest BCUT2D eigenvalue weighted by molar-refractivity contribution is -0.136. The van der Waals surface area contributed by atoms with Crippen molar-refractivity contribution in [3.05, 3.63) is 29.1 Å². The molecule has 0 spiro atoms. The number of nitrogens with one attached hydrogen (secondary N) is 3. The van der Waals surface area contributed by atoms with Gasteiger partial charge in [0.1, 0.15) is 11.9 Å². The molecule has 4 atom stereocenters. The molecule has 0 radical (unpaired) electrons. The van der Waals surface area contributed by atoms with E-state index < -0.39 is 41.8 Å². The van der Waals surface area contributed by atoms with Crippen LogP contribution in [0.4, 0.5) is 10.1 Å². The normalized spacial score (nSPS) is 29.1. The number of imide groups is 2. The van der Waals surface area contributed by atoms with E-state index in [9.17, 15) is 24.3 Å². The van der Waals surface area contributed by atoms with Gasteiger partial charge in [-0.25, -0.2) is 9.82 Å². The summed E-state index contributed by atoms with van der Waals surface area (Å²) in [5.41, 5.74) is 5.91. The largest absolute Gasteiger partial charge is 0.368 e. The second kappa shape index (κ2) is 9.65. The fourth-order valence-electron chi connectivity index (χ4n) is 6.66. The van der Waals surface area contributed by atoms with E-state index in [-0.39, 0.29) is 29.7 Å². The number of hydrazine groups is 1. The Morgan fingerprint density at radius 2 is 1.68 bits per heavy atom. The number of rotatable bonds is 7. The van der Waals surface area contributed by atoms with E-state index in [4.69, 9.17) is 0 Å². The molecule has 1 aromatic carbocycles. The van der Waals surface area contributed by atoms with E-state index in [1.54, 1.807) is 7.05 Å². The third kappa shape index (κ3) is 4.28. The van der Waals surface area contributed by atoms with Gasteiger partial charge in [0.25, 0.3) is 11.8 Å². The van der Waals surface area contributed by atoms with E-state index in [1.807, 2.05) is 9.80 Å². The number of carbonyl (C=O) groups is 4. The van der Waals surface area contributed by atoms with Crippen molar-refractivity contribution in [3.8, 4) is 0 Å². The van der Waals surface area contributed by atoms with Gasteiger partial charge in [0.2, 0.25) is 11.8 Å². The number of aliphatic hydroxyl groups excluding tert-OH is 1. The molecule has 0 bridgehead atoms. The zero-order valence-electron chi connectivity index (χ0n) is 21.2. The predicted molar refractivity (Wildman–Crippen MR) is 132 cm³/mol. The SMILES string of the molecule is CNNC(O)N1CC2CN(CC3CN(c4cc5c(cc4F)C(=O)N(C4CCC(=O)NC4=O)C5=O)C3)CC2C1. The van der Waals surface area contributed by atoms with Gasteiger partial charge in [0.15, 0.2) is 6.35 Å². The minimum absolute atomic E-state index is 0.0326. The highest BCUT2D eigenvalue weighted by Crippen LogP contribution is 2.37. The summed E-state index contributed by atoms with van der Waals surface area (Å²) in [5.74, 6) is -1.64. The average molecular weight is 530 g/mol. The fourth-order valence-corrected chi connectivity index (χ4v) is 6.66. The zero-order valence-corrected chi connectivity index (χ0v) is 21.2. The maximum absolute atomic E-state index is 15.1. The summed E-state index contributed by atoms with van der Waals surface area (Å²) in [6.45, 7) is 5.85. The third-order valence-electron chi connectivity index (χ3n) is 8.53. The second-order valence-corrected chi connectivity index (χ2v) is 11.0. The molecule has 4 amide bonds. The summed E-state index contributed by atoms with van der Waals surface area (Å²) in [6, 6.07) is 1.44. The van der Waals surface area contributed by atoms with E-state index in [0.29, 0.717) is 30.8 Å². The summed E-state index contributed by atoms with van der Waals surface area (Å²) in [7, 11) is 1.73. The van der Waals surface area contributed by atoms with Crippen molar-refractivity contribution in [2.75, 3.05) is 57.8 Å². The van der Waals surface area contributed by atoms with Crippen molar-refractivity contribution in [1.82, 2.24) is 30.9 Å². The van der Waals surface area contributed by atoms with Crippen molar-refractivity contribution in [1.29, 1.82) is 0 Å². The van der Waals surface area contributed by atoms with Gasteiger partial charge in [-0.2, -0.15) is 0 Å². The van der Waals surface area contributed by atoms with Gasteiger partial charge in [0, 0.05) is 58.2 Å². The highest BCUT2D eigenvalue weighted by molar-refractivity contribution is 6.23. The van der Waals surface area contributed by atoms with E-state index >= 15 is 4.39 Å². The number of halogens is 1. The summed E-state index contributed by atoms with van der Waals surface area (Å²) in [5, 5.41) is 12.3. The quantitative estimate of drug-likeness (QED) is 0.188. The van der Waals surface area contributed by atoms with Crippen LogP contribution in [-0.4, -0.2) is 109 Å². The first-order valence-corrected chi connectivity index (χ1v) is 13.1. The van der Waals surface area contributed by atoms with E-state index in [1.165, 1.54) is 6.07 Å². The Morgan fingerprint density at radius 3 is 2.32 bits per heavy atom. The highest BCUT2D eigenvalue weighted by Gasteiger charge is 2.46. The number of nitrogens with zero attached hydrogens (tertiary/aromatic N) is 4. The lowest BCUT2D eigenvalue weighted by Crippen LogP contribution is -2.54. The Kier molecular flexibility index (Phi) is 6.43. The highest BCUT2D eigenvalue weighted by atomic mass is 19.1. The molecular formula is C25H32FN7O5. The first-order chi connectivity index (χ1) is 18.2. The van der Waals surface area contributed by atoms with E-state index in [2.05, 4.69) is 21.1 Å². The number of amides is 4. The standard InChI is InChI=1S/C25H32FN7O5/c1-27-29-25(38)32-11-14-9-30(10-15(14)12-32)6-13-7-31(8-13)20-5-17-16(4-18(20)26)23(36)33(24(17)37)19-2-3-21(34)28-22(19)35/h4-5,13-15,19,25,27,29,38H,2-3,6-12H2,1H3,(H,28,34,35). The molecule has 12 nitrogen and oxygen atoms in total. The number of fused-ring (bicyclic) bond motifs is 2. The first kappa shape index (κ1) is 25.3. The lowest BCUT2D eigenvalue weighted by atomic mass is 9.97. The second-order valence-electron chi connectivity index (χ2n) is 11.0. The molecule has 4 fully saturated rings. The minimum atomic E-state index is -1.07. The van der Waals surface area contributed by atoms with Crippen molar-refractivity contribution in [2.24, 2.45) is 17.8 Å². The molecule has 5 aliphatic rings. The molecular weight excluding hydrogens is 497 g/mol. The van der Waals surface area contributed by atoms with Gasteiger partial charge in [-0.05, 0) is 37.4 Å². The van der Waals surface area contributed by atoms with Crippen LogP contribution in [0.15, 0.2) is 12.1 Å². The number of likely N-dealkylation sites (tertiary alicyclic amines) is 2. The molecule has 5 aliphatic heterocycles. The smallest absolute Gasteiger partial charge is 0.262 e. The number of benzene rings is 1. The molecule has 4 saturated heterocycles. The van der Waals surface area contributed by atoms with E-state index in [0.717, 1.165) is 43.7 Å². The van der Waals surface area contributed by atoms with Gasteiger partial charge in [-0.3, -0.25) is 39.7 Å². The Labute approximate surface area is 219 Å². The molecule has 0 aromatic heterocycles. The van der Waals surface area contributed by atoms with Crippen molar-refractivity contribution in [3.63, 3.8) is 0 Å². The molecule has 6 rings (SSSR count). The zero-order chi connectivity index (χ0) is 26.7. The maximum Gasteiger partial charge on any atom is 0.262 e. The molecule has 0 saturated carbocycles. The minimum Gasteiger partial charge on any atom is -0.368 e. The van der Waals surface area contributed by atoms with Crippen molar-refractivity contribution < 1.29 is 28.7 Å². The van der Waals surface area contributed by atoms with Crippen LogP contribution in [0.1, 0.15) is 33.6 Å². The molecule has 4 unspecified atom stereocenters. The molecule has 204 valence electrons.